The summed E-state index contributed by atoms with van der Waals surface area (Å²) in [6.45, 7) is 0.927. The SMILES string of the molecule is Fc1cccc(C2CC(NCc3ccc(Br)s3)C2)c1. The highest BCUT2D eigenvalue weighted by atomic mass is 79.9. The number of nitrogens with one attached hydrogen (secondary N) is 1. The van der Waals surface area contributed by atoms with Crippen molar-refractivity contribution in [2.75, 3.05) is 0 Å². The molecule has 1 fully saturated rings. The summed E-state index contributed by atoms with van der Waals surface area (Å²) in [4.78, 5) is 1.35. The highest BCUT2D eigenvalue weighted by Gasteiger charge is 2.29. The molecule has 0 aliphatic heterocycles. The van der Waals surface area contributed by atoms with Crippen LogP contribution in [0.2, 0.25) is 0 Å². The summed E-state index contributed by atoms with van der Waals surface area (Å²) >= 11 is 5.24. The van der Waals surface area contributed by atoms with E-state index in [1.807, 2.05) is 6.07 Å². The molecule has 0 radical (unpaired) electrons. The molecule has 4 heteroatoms. The molecule has 2 aromatic rings. The van der Waals surface area contributed by atoms with Gasteiger partial charge in [-0.3, -0.25) is 0 Å². The van der Waals surface area contributed by atoms with Gasteiger partial charge in [-0.15, -0.1) is 11.3 Å². The van der Waals surface area contributed by atoms with Gasteiger partial charge in [0.25, 0.3) is 0 Å². The van der Waals surface area contributed by atoms with Crippen LogP contribution >= 0.6 is 27.3 Å². The predicted octanol–water partition coefficient (Wildman–Crippen LogP) is 4.69. The topological polar surface area (TPSA) is 12.0 Å². The van der Waals surface area contributed by atoms with Gasteiger partial charge in [0.2, 0.25) is 0 Å². The van der Waals surface area contributed by atoms with Crippen LogP contribution in [-0.4, -0.2) is 6.04 Å². The van der Waals surface area contributed by atoms with Crippen LogP contribution in [0.25, 0.3) is 0 Å². The van der Waals surface area contributed by atoms with Gasteiger partial charge in [-0.25, -0.2) is 4.39 Å². The highest BCUT2D eigenvalue weighted by Crippen LogP contribution is 2.37. The van der Waals surface area contributed by atoms with E-state index >= 15 is 0 Å². The normalized spacial score (nSPS) is 22.2. The number of benzene rings is 1. The van der Waals surface area contributed by atoms with Crippen molar-refractivity contribution in [1.82, 2.24) is 5.32 Å². The average Bonchev–Trinajstić information content (AvgIpc) is 2.73. The predicted molar refractivity (Wildman–Crippen MR) is 81.0 cm³/mol. The van der Waals surface area contributed by atoms with E-state index in [2.05, 4.69) is 33.4 Å². The smallest absolute Gasteiger partial charge is 0.123 e. The second-order valence-corrected chi connectivity index (χ2v) is 7.55. The molecule has 0 atom stereocenters. The third kappa shape index (κ3) is 3.25. The van der Waals surface area contributed by atoms with Gasteiger partial charge in [-0.2, -0.15) is 0 Å². The van der Waals surface area contributed by atoms with E-state index in [0.29, 0.717) is 12.0 Å². The molecule has 1 nitrogen and oxygen atoms in total. The molecular weight excluding hydrogens is 325 g/mol. The summed E-state index contributed by atoms with van der Waals surface area (Å²) in [5.74, 6) is 0.389. The molecule has 0 bridgehead atoms. The molecule has 1 aromatic heterocycles. The quantitative estimate of drug-likeness (QED) is 0.852. The van der Waals surface area contributed by atoms with Crippen LogP contribution in [-0.2, 0) is 6.54 Å². The zero-order valence-corrected chi connectivity index (χ0v) is 12.8. The molecule has 1 aliphatic rings. The van der Waals surface area contributed by atoms with E-state index in [1.54, 1.807) is 23.5 Å². The number of hydrogen-bond acceptors (Lipinski definition) is 2. The largest absolute Gasteiger partial charge is 0.309 e. The fraction of sp³-hybridized carbons (Fsp3) is 0.333. The zero-order chi connectivity index (χ0) is 13.2. The van der Waals surface area contributed by atoms with Crippen LogP contribution in [0.1, 0.15) is 29.2 Å². The Kier molecular flexibility index (Phi) is 4.01. The van der Waals surface area contributed by atoms with Gasteiger partial charge >= 0.3 is 0 Å². The van der Waals surface area contributed by atoms with Gasteiger partial charge in [-0.1, -0.05) is 12.1 Å². The Morgan fingerprint density at radius 2 is 2.11 bits per heavy atom. The first-order chi connectivity index (χ1) is 9.20. The second kappa shape index (κ2) is 5.73. The van der Waals surface area contributed by atoms with Crippen molar-refractivity contribution >= 4 is 27.3 Å². The van der Waals surface area contributed by atoms with Gasteiger partial charge in [-0.05, 0) is 64.5 Å². The van der Waals surface area contributed by atoms with Crippen molar-refractivity contribution < 1.29 is 4.39 Å². The molecule has 0 saturated heterocycles. The molecule has 100 valence electrons. The maximum Gasteiger partial charge on any atom is 0.123 e. The summed E-state index contributed by atoms with van der Waals surface area (Å²) < 4.78 is 14.3. The molecule has 0 spiro atoms. The van der Waals surface area contributed by atoms with E-state index in [9.17, 15) is 4.39 Å². The number of halogens is 2. The van der Waals surface area contributed by atoms with Gasteiger partial charge in [0, 0.05) is 17.5 Å². The highest BCUT2D eigenvalue weighted by molar-refractivity contribution is 9.11. The number of rotatable bonds is 4. The summed E-state index contributed by atoms with van der Waals surface area (Å²) in [7, 11) is 0. The molecule has 3 rings (SSSR count). The lowest BCUT2D eigenvalue weighted by Crippen LogP contribution is -2.39. The van der Waals surface area contributed by atoms with Crippen LogP contribution in [0.4, 0.5) is 4.39 Å². The van der Waals surface area contributed by atoms with Crippen LogP contribution in [0, 0.1) is 5.82 Å². The van der Waals surface area contributed by atoms with Gasteiger partial charge < -0.3 is 5.32 Å². The molecule has 1 N–H and O–H groups in total. The minimum Gasteiger partial charge on any atom is -0.309 e. The van der Waals surface area contributed by atoms with Gasteiger partial charge in [0.05, 0.1) is 3.79 Å². The third-order valence-corrected chi connectivity index (χ3v) is 5.28. The van der Waals surface area contributed by atoms with Crippen molar-refractivity contribution in [1.29, 1.82) is 0 Å². The van der Waals surface area contributed by atoms with Crippen LogP contribution in [0.5, 0.6) is 0 Å². The van der Waals surface area contributed by atoms with Gasteiger partial charge in [0.1, 0.15) is 5.82 Å². The minimum absolute atomic E-state index is 0.127. The van der Waals surface area contributed by atoms with Crippen molar-refractivity contribution in [2.45, 2.75) is 31.3 Å². The minimum atomic E-state index is -0.127. The Morgan fingerprint density at radius 1 is 1.26 bits per heavy atom. The number of hydrogen-bond donors (Lipinski definition) is 1. The summed E-state index contributed by atoms with van der Waals surface area (Å²) in [6.07, 6.45) is 2.21. The summed E-state index contributed by atoms with van der Waals surface area (Å²) in [6, 6.07) is 11.8. The first-order valence-corrected chi connectivity index (χ1v) is 8.05. The molecule has 0 unspecified atom stereocenters. The monoisotopic (exact) mass is 339 g/mol. The van der Waals surface area contributed by atoms with E-state index in [4.69, 9.17) is 0 Å². The van der Waals surface area contributed by atoms with Crippen molar-refractivity contribution in [3.63, 3.8) is 0 Å². The summed E-state index contributed by atoms with van der Waals surface area (Å²) in [5, 5.41) is 3.56. The standard InChI is InChI=1S/C15H15BrFNS/c16-15-5-4-14(19-15)9-18-13-7-11(8-13)10-2-1-3-12(17)6-10/h1-6,11,13,18H,7-9H2. The van der Waals surface area contributed by atoms with E-state index in [-0.39, 0.29) is 5.82 Å². The number of thiophene rings is 1. The zero-order valence-electron chi connectivity index (χ0n) is 10.4. The van der Waals surface area contributed by atoms with Crippen LogP contribution < -0.4 is 5.32 Å². The first kappa shape index (κ1) is 13.3. The molecule has 1 aliphatic carbocycles. The molecule has 1 saturated carbocycles. The second-order valence-electron chi connectivity index (χ2n) is 5.01. The maximum atomic E-state index is 13.1. The van der Waals surface area contributed by atoms with E-state index < -0.39 is 0 Å². The Bertz CT molecular complexity index is 563. The average molecular weight is 340 g/mol. The van der Waals surface area contributed by atoms with Crippen LogP contribution in [0.15, 0.2) is 40.2 Å². The van der Waals surface area contributed by atoms with Crippen LogP contribution in [0.3, 0.4) is 0 Å². The Hall–Kier alpha value is -0.710. The van der Waals surface area contributed by atoms with Gasteiger partial charge in [0.15, 0.2) is 0 Å². The Labute approximate surface area is 125 Å². The molecule has 1 aromatic carbocycles. The summed E-state index contributed by atoms with van der Waals surface area (Å²) in [5.41, 5.74) is 1.14. The Balaban J connectivity index is 1.48. The lowest BCUT2D eigenvalue weighted by molar-refractivity contribution is 0.289. The molecule has 19 heavy (non-hydrogen) atoms. The fourth-order valence-electron chi connectivity index (χ4n) is 2.51. The third-order valence-electron chi connectivity index (χ3n) is 3.65. The van der Waals surface area contributed by atoms with Crippen molar-refractivity contribution in [2.24, 2.45) is 0 Å². The fourth-order valence-corrected chi connectivity index (χ4v) is 3.94. The maximum absolute atomic E-state index is 13.1. The van der Waals surface area contributed by atoms with E-state index in [1.165, 1.54) is 14.7 Å². The first-order valence-electron chi connectivity index (χ1n) is 6.44. The lowest BCUT2D eigenvalue weighted by atomic mass is 9.76. The molecule has 1 heterocycles. The van der Waals surface area contributed by atoms with Crippen molar-refractivity contribution in [3.05, 3.63) is 56.4 Å². The van der Waals surface area contributed by atoms with Crippen molar-refractivity contribution in [3.8, 4) is 0 Å². The van der Waals surface area contributed by atoms with E-state index in [0.717, 1.165) is 24.9 Å². The molecular formula is C15H15BrFNS. The molecule has 0 amide bonds. The lowest BCUT2D eigenvalue weighted by Gasteiger charge is -2.36. The Morgan fingerprint density at radius 3 is 2.79 bits per heavy atom.